The first-order valence-electron chi connectivity index (χ1n) is 4.99. The van der Waals surface area contributed by atoms with Crippen LogP contribution in [0.4, 0.5) is 0 Å². The van der Waals surface area contributed by atoms with Gasteiger partial charge in [0.25, 0.3) is 5.91 Å². The van der Waals surface area contributed by atoms with Gasteiger partial charge in [0.05, 0.1) is 17.9 Å². The molecule has 15 heavy (non-hydrogen) atoms. The van der Waals surface area contributed by atoms with Gasteiger partial charge in [0.1, 0.15) is 0 Å². The molecule has 6 heteroatoms. The molecule has 1 saturated heterocycles. The van der Waals surface area contributed by atoms with Crippen molar-refractivity contribution in [2.45, 2.75) is 19.4 Å². The van der Waals surface area contributed by atoms with Gasteiger partial charge >= 0.3 is 0 Å². The van der Waals surface area contributed by atoms with E-state index in [2.05, 4.69) is 15.7 Å². The van der Waals surface area contributed by atoms with E-state index in [4.69, 9.17) is 5.73 Å². The van der Waals surface area contributed by atoms with Crippen LogP contribution in [-0.2, 0) is 0 Å². The molecule has 1 aliphatic rings. The fourth-order valence-electron chi connectivity index (χ4n) is 1.99. The molecule has 0 radical (unpaired) electrons. The number of hydrogen-bond acceptors (Lipinski definition) is 5. The summed E-state index contributed by atoms with van der Waals surface area (Å²) >= 11 is 1.05. The maximum atomic E-state index is 11.9. The largest absolute Gasteiger partial charge is 0.335 e. The Morgan fingerprint density at radius 3 is 3.07 bits per heavy atom. The highest BCUT2D eigenvalue weighted by molar-refractivity contribution is 6.99. The van der Waals surface area contributed by atoms with Crippen LogP contribution in [0.1, 0.15) is 23.8 Å². The van der Waals surface area contributed by atoms with Crippen molar-refractivity contribution < 1.29 is 4.79 Å². The van der Waals surface area contributed by atoms with Gasteiger partial charge in [-0.05, 0) is 12.3 Å². The molecule has 0 aromatic carbocycles. The van der Waals surface area contributed by atoms with Crippen LogP contribution in [0.2, 0.25) is 0 Å². The van der Waals surface area contributed by atoms with Crippen LogP contribution in [-0.4, -0.2) is 38.7 Å². The first kappa shape index (κ1) is 10.5. The Balaban J connectivity index is 2.07. The second kappa shape index (κ2) is 4.24. The van der Waals surface area contributed by atoms with Crippen LogP contribution in [0, 0.1) is 5.92 Å². The third-order valence-electron chi connectivity index (χ3n) is 2.56. The van der Waals surface area contributed by atoms with Gasteiger partial charge in [-0.2, -0.15) is 8.75 Å². The van der Waals surface area contributed by atoms with Crippen molar-refractivity contribution >= 4 is 17.6 Å². The quantitative estimate of drug-likeness (QED) is 0.750. The molecule has 2 N–H and O–H groups in total. The molecule has 1 aromatic heterocycles. The van der Waals surface area contributed by atoms with Gasteiger partial charge in [-0.15, -0.1) is 0 Å². The van der Waals surface area contributed by atoms with E-state index in [0.717, 1.165) is 24.7 Å². The van der Waals surface area contributed by atoms with Gasteiger partial charge in [-0.3, -0.25) is 4.79 Å². The lowest BCUT2D eigenvalue weighted by Crippen LogP contribution is -2.48. The van der Waals surface area contributed by atoms with Crippen molar-refractivity contribution in [2.75, 3.05) is 13.1 Å². The molecule has 2 atom stereocenters. The number of nitrogens with zero attached hydrogens (tertiary/aromatic N) is 3. The molecule has 2 rings (SSSR count). The number of likely N-dealkylation sites (tertiary alicyclic amines) is 1. The average molecular weight is 226 g/mol. The van der Waals surface area contributed by atoms with Gasteiger partial charge in [0.15, 0.2) is 5.69 Å². The number of rotatable bonds is 1. The van der Waals surface area contributed by atoms with E-state index in [1.54, 1.807) is 4.90 Å². The van der Waals surface area contributed by atoms with Gasteiger partial charge in [0.2, 0.25) is 0 Å². The van der Waals surface area contributed by atoms with Crippen molar-refractivity contribution in [3.63, 3.8) is 0 Å². The Morgan fingerprint density at radius 1 is 1.67 bits per heavy atom. The molecule has 1 amide bonds. The Labute approximate surface area is 92.6 Å². The van der Waals surface area contributed by atoms with Gasteiger partial charge in [0, 0.05) is 19.1 Å². The molecule has 0 aliphatic carbocycles. The smallest absolute Gasteiger partial charge is 0.275 e. The summed E-state index contributed by atoms with van der Waals surface area (Å²) in [5.41, 5.74) is 6.31. The lowest BCUT2D eigenvalue weighted by molar-refractivity contribution is 0.0656. The van der Waals surface area contributed by atoms with Crippen molar-refractivity contribution in [3.8, 4) is 0 Å². The molecule has 0 spiro atoms. The van der Waals surface area contributed by atoms with E-state index >= 15 is 0 Å². The fourth-order valence-corrected chi connectivity index (χ4v) is 2.39. The zero-order chi connectivity index (χ0) is 10.8. The Kier molecular flexibility index (Phi) is 2.97. The number of hydrogen-bond donors (Lipinski definition) is 1. The lowest BCUT2D eigenvalue weighted by atomic mass is 9.96. The molecular weight excluding hydrogens is 212 g/mol. The summed E-state index contributed by atoms with van der Waals surface area (Å²) < 4.78 is 7.77. The van der Waals surface area contributed by atoms with Crippen LogP contribution in [0.25, 0.3) is 0 Å². The molecule has 2 unspecified atom stereocenters. The SMILES string of the molecule is CC1CC(N)CN(C(=O)c2cnsn2)C1. The highest BCUT2D eigenvalue weighted by Gasteiger charge is 2.27. The summed E-state index contributed by atoms with van der Waals surface area (Å²) in [4.78, 5) is 13.7. The van der Waals surface area contributed by atoms with E-state index in [9.17, 15) is 4.79 Å². The molecule has 0 saturated carbocycles. The first-order chi connectivity index (χ1) is 7.16. The summed E-state index contributed by atoms with van der Waals surface area (Å²) in [6.45, 7) is 3.50. The standard InChI is InChI=1S/C9H14N4OS/c1-6-2-7(10)5-13(4-6)9(14)8-3-11-15-12-8/h3,6-7H,2,4-5,10H2,1H3. The predicted octanol–water partition coefficient (Wildman–Crippen LogP) is 0.347. The number of piperidine rings is 1. The topological polar surface area (TPSA) is 72.1 Å². The first-order valence-corrected chi connectivity index (χ1v) is 5.72. The Morgan fingerprint density at radius 2 is 2.47 bits per heavy atom. The van der Waals surface area contributed by atoms with Crippen LogP contribution >= 0.6 is 11.7 Å². The van der Waals surface area contributed by atoms with E-state index in [0.29, 0.717) is 18.2 Å². The zero-order valence-electron chi connectivity index (χ0n) is 8.59. The number of carbonyl (C=O) groups is 1. The summed E-state index contributed by atoms with van der Waals surface area (Å²) in [7, 11) is 0. The maximum Gasteiger partial charge on any atom is 0.275 e. The molecule has 1 aliphatic heterocycles. The van der Waals surface area contributed by atoms with Gasteiger partial charge < -0.3 is 10.6 Å². The molecular formula is C9H14N4OS. The molecule has 0 bridgehead atoms. The lowest BCUT2D eigenvalue weighted by Gasteiger charge is -2.34. The monoisotopic (exact) mass is 226 g/mol. The number of carbonyl (C=O) groups excluding carboxylic acids is 1. The second-order valence-corrected chi connectivity index (χ2v) is 4.66. The van der Waals surface area contributed by atoms with Crippen LogP contribution in [0.3, 0.4) is 0 Å². The maximum absolute atomic E-state index is 11.9. The molecule has 5 nitrogen and oxygen atoms in total. The van der Waals surface area contributed by atoms with Crippen LogP contribution in [0.15, 0.2) is 6.20 Å². The van der Waals surface area contributed by atoms with E-state index < -0.39 is 0 Å². The van der Waals surface area contributed by atoms with Crippen molar-refractivity contribution in [3.05, 3.63) is 11.9 Å². The van der Waals surface area contributed by atoms with E-state index in [-0.39, 0.29) is 11.9 Å². The summed E-state index contributed by atoms with van der Waals surface area (Å²) in [6, 6.07) is 0.0873. The Bertz CT molecular complexity index is 330. The van der Waals surface area contributed by atoms with E-state index in [1.165, 1.54) is 6.20 Å². The summed E-state index contributed by atoms with van der Waals surface area (Å²) in [6.07, 6.45) is 2.50. The summed E-state index contributed by atoms with van der Waals surface area (Å²) in [5.74, 6) is 0.412. The van der Waals surface area contributed by atoms with Crippen molar-refractivity contribution in [2.24, 2.45) is 11.7 Å². The predicted molar refractivity (Wildman–Crippen MR) is 57.6 cm³/mol. The molecule has 1 fully saturated rings. The number of aromatic nitrogens is 2. The average Bonchev–Trinajstić information content (AvgIpc) is 2.67. The minimum absolute atomic E-state index is 0.0502. The van der Waals surface area contributed by atoms with Crippen molar-refractivity contribution in [1.29, 1.82) is 0 Å². The molecule has 2 heterocycles. The third-order valence-corrected chi connectivity index (χ3v) is 3.04. The van der Waals surface area contributed by atoms with Gasteiger partial charge in [-0.25, -0.2) is 0 Å². The Hall–Kier alpha value is -1.01. The minimum Gasteiger partial charge on any atom is -0.335 e. The third kappa shape index (κ3) is 2.32. The molecule has 1 aromatic rings. The normalized spacial score (nSPS) is 26.7. The summed E-state index contributed by atoms with van der Waals surface area (Å²) in [5, 5.41) is 0. The van der Waals surface area contributed by atoms with Crippen LogP contribution < -0.4 is 5.73 Å². The number of nitrogens with two attached hydrogens (primary N) is 1. The highest BCUT2D eigenvalue weighted by Crippen LogP contribution is 2.16. The van der Waals surface area contributed by atoms with Crippen molar-refractivity contribution in [1.82, 2.24) is 13.6 Å². The van der Waals surface area contributed by atoms with Gasteiger partial charge in [-0.1, -0.05) is 6.92 Å². The van der Waals surface area contributed by atoms with E-state index in [1.807, 2.05) is 0 Å². The number of amides is 1. The zero-order valence-corrected chi connectivity index (χ0v) is 9.41. The fraction of sp³-hybridized carbons (Fsp3) is 0.667. The minimum atomic E-state index is -0.0502. The second-order valence-electron chi connectivity index (χ2n) is 4.10. The molecule has 82 valence electrons. The highest BCUT2D eigenvalue weighted by atomic mass is 32.1. The van der Waals surface area contributed by atoms with Crippen LogP contribution in [0.5, 0.6) is 0 Å².